The van der Waals surface area contributed by atoms with Gasteiger partial charge < -0.3 is 25.4 Å². The first-order valence-electron chi connectivity index (χ1n) is 14.8. The van der Waals surface area contributed by atoms with E-state index in [-0.39, 0.29) is 11.6 Å². The number of nitrogens with zero attached hydrogens (tertiary/aromatic N) is 1. The van der Waals surface area contributed by atoms with Crippen LogP contribution in [-0.4, -0.2) is 42.2 Å². The maximum Gasteiger partial charge on any atom is 0.272 e. The Morgan fingerprint density at radius 1 is 0.915 bits per heavy atom. The molecule has 5 aromatic rings. The number of thioether (sulfide) groups is 1. The number of methoxy groups -OCH3 is 2. The quantitative estimate of drug-likeness (QED) is 0.0930. The number of para-hydroxylation sites is 1. The van der Waals surface area contributed by atoms with Gasteiger partial charge in [-0.3, -0.25) is 14.4 Å². The minimum Gasteiger partial charge on any atom is -0.493 e. The molecule has 0 aliphatic rings. The predicted octanol–water partition coefficient (Wildman–Crippen LogP) is 7.54. The fraction of sp³-hybridized carbons (Fsp3) is 0.167. The van der Waals surface area contributed by atoms with Gasteiger partial charge in [0.15, 0.2) is 16.6 Å². The third kappa shape index (κ3) is 8.37. The van der Waals surface area contributed by atoms with E-state index in [1.807, 2.05) is 32.0 Å². The molecule has 1 aromatic heterocycles. The van der Waals surface area contributed by atoms with Crippen LogP contribution in [0.2, 0.25) is 0 Å². The summed E-state index contributed by atoms with van der Waals surface area (Å²) < 4.78 is 12.0. The van der Waals surface area contributed by atoms with Crippen LogP contribution in [0.1, 0.15) is 34.8 Å². The summed E-state index contributed by atoms with van der Waals surface area (Å²) in [5, 5.41) is 8.77. The molecule has 0 radical (unpaired) electrons. The molecule has 0 fully saturated rings. The van der Waals surface area contributed by atoms with E-state index in [9.17, 15) is 14.4 Å². The zero-order valence-corrected chi connectivity index (χ0v) is 28.0. The van der Waals surface area contributed by atoms with Crippen molar-refractivity contribution >= 4 is 67.9 Å². The minimum atomic E-state index is -0.544. The topological polar surface area (TPSA) is 119 Å². The summed E-state index contributed by atoms with van der Waals surface area (Å²) in [5.74, 6) is -0.246. The number of nitrogens with one attached hydrogen (secondary N) is 3. The Balaban J connectivity index is 1.34. The number of fused-ring (bicyclic) bond motifs is 1. The molecule has 4 aromatic carbocycles. The van der Waals surface area contributed by atoms with Crippen LogP contribution in [0.15, 0.2) is 102 Å². The van der Waals surface area contributed by atoms with Crippen LogP contribution in [0.4, 0.5) is 10.8 Å². The van der Waals surface area contributed by atoms with E-state index in [0.717, 1.165) is 20.7 Å². The maximum absolute atomic E-state index is 13.7. The van der Waals surface area contributed by atoms with Gasteiger partial charge in [-0.15, -0.1) is 11.8 Å². The van der Waals surface area contributed by atoms with Crippen LogP contribution in [0.3, 0.4) is 0 Å². The second-order valence-corrected chi connectivity index (χ2v) is 12.7. The van der Waals surface area contributed by atoms with Crippen molar-refractivity contribution in [3.05, 3.63) is 113 Å². The van der Waals surface area contributed by atoms with E-state index >= 15 is 0 Å². The standard InChI is InChI=1S/C36H34N4O5S2/c1-5-30(35(43)40-36-39-27-18-17-22(2)19-31(27)47-36)46-26-15-10-14-25(21-26)37-34(42)28(38-33(41)23-11-7-6-8-12-23)20-24-13-9-16-29(44-3)32(24)45-4/h6-21,30H,5H2,1-4H3,(H,37,42)(H,38,41)(H,39,40,43)/b28-20+. The number of anilines is 2. The van der Waals surface area contributed by atoms with Gasteiger partial charge >= 0.3 is 0 Å². The van der Waals surface area contributed by atoms with Crippen LogP contribution < -0.4 is 25.4 Å². The molecule has 9 nitrogen and oxygen atoms in total. The minimum absolute atomic E-state index is 0.000281. The zero-order valence-electron chi connectivity index (χ0n) is 26.3. The highest BCUT2D eigenvalue weighted by Gasteiger charge is 2.21. The highest BCUT2D eigenvalue weighted by molar-refractivity contribution is 8.00. The fourth-order valence-electron chi connectivity index (χ4n) is 4.73. The number of ether oxygens (including phenoxy) is 2. The van der Waals surface area contributed by atoms with Crippen molar-refractivity contribution in [2.45, 2.75) is 30.4 Å². The number of hydrogen-bond donors (Lipinski definition) is 3. The number of carbonyl (C=O) groups excluding carboxylic acids is 3. The lowest BCUT2D eigenvalue weighted by atomic mass is 10.1. The van der Waals surface area contributed by atoms with Crippen molar-refractivity contribution in [1.29, 1.82) is 0 Å². The van der Waals surface area contributed by atoms with Gasteiger partial charge in [-0.2, -0.15) is 0 Å². The number of aromatic nitrogens is 1. The molecule has 0 bridgehead atoms. The summed E-state index contributed by atoms with van der Waals surface area (Å²) in [6.07, 6.45) is 2.12. The van der Waals surface area contributed by atoms with Crippen molar-refractivity contribution < 1.29 is 23.9 Å². The van der Waals surface area contributed by atoms with Gasteiger partial charge in [0.1, 0.15) is 5.70 Å². The van der Waals surface area contributed by atoms with Gasteiger partial charge in [0.05, 0.1) is 29.7 Å². The summed E-state index contributed by atoms with van der Waals surface area (Å²) >= 11 is 2.84. The normalized spacial score (nSPS) is 11.9. The molecule has 47 heavy (non-hydrogen) atoms. The number of amides is 3. The van der Waals surface area contributed by atoms with Gasteiger partial charge in [0.25, 0.3) is 11.8 Å². The predicted molar refractivity (Wildman–Crippen MR) is 189 cm³/mol. The summed E-state index contributed by atoms with van der Waals surface area (Å²) in [7, 11) is 3.03. The van der Waals surface area contributed by atoms with E-state index in [4.69, 9.17) is 9.47 Å². The second-order valence-electron chi connectivity index (χ2n) is 10.4. The van der Waals surface area contributed by atoms with E-state index < -0.39 is 17.1 Å². The first-order valence-corrected chi connectivity index (χ1v) is 16.5. The number of rotatable bonds is 12. The molecular formula is C36H34N4O5S2. The average molecular weight is 667 g/mol. The van der Waals surface area contributed by atoms with Gasteiger partial charge in [-0.1, -0.05) is 60.7 Å². The smallest absolute Gasteiger partial charge is 0.272 e. The molecule has 5 rings (SSSR count). The Morgan fingerprint density at radius 3 is 2.45 bits per heavy atom. The maximum atomic E-state index is 13.7. The number of hydrogen-bond acceptors (Lipinski definition) is 8. The molecule has 0 spiro atoms. The van der Waals surface area contributed by atoms with E-state index in [1.54, 1.807) is 66.7 Å². The Labute approximate surface area is 281 Å². The molecule has 1 heterocycles. The molecule has 0 saturated heterocycles. The fourth-order valence-corrected chi connectivity index (χ4v) is 6.71. The molecule has 240 valence electrons. The van der Waals surface area contributed by atoms with Crippen LogP contribution in [0.5, 0.6) is 11.5 Å². The molecule has 0 aliphatic carbocycles. The van der Waals surface area contributed by atoms with Crippen molar-refractivity contribution in [2.75, 3.05) is 24.9 Å². The number of benzene rings is 4. The third-order valence-corrected chi connectivity index (χ3v) is 9.36. The number of thiazole rings is 1. The van der Waals surface area contributed by atoms with Gasteiger partial charge in [-0.05, 0) is 73.5 Å². The average Bonchev–Trinajstić information content (AvgIpc) is 3.48. The zero-order chi connectivity index (χ0) is 33.3. The monoisotopic (exact) mass is 666 g/mol. The van der Waals surface area contributed by atoms with Crippen molar-refractivity contribution in [2.24, 2.45) is 0 Å². The van der Waals surface area contributed by atoms with Crippen LogP contribution in [0.25, 0.3) is 16.3 Å². The highest BCUT2D eigenvalue weighted by Crippen LogP contribution is 2.33. The lowest BCUT2D eigenvalue weighted by Gasteiger charge is -2.15. The Kier molecular flexibility index (Phi) is 10.9. The third-order valence-electron chi connectivity index (χ3n) is 7.07. The van der Waals surface area contributed by atoms with Crippen molar-refractivity contribution in [3.63, 3.8) is 0 Å². The molecule has 0 aliphatic heterocycles. The second kappa shape index (κ2) is 15.4. The van der Waals surface area contributed by atoms with E-state index in [0.29, 0.717) is 39.9 Å². The first-order chi connectivity index (χ1) is 22.8. The lowest BCUT2D eigenvalue weighted by molar-refractivity contribution is -0.116. The summed E-state index contributed by atoms with van der Waals surface area (Å²) in [5.41, 5.74) is 3.41. The molecule has 1 atom stereocenters. The summed E-state index contributed by atoms with van der Waals surface area (Å²) in [6, 6.07) is 27.1. The lowest BCUT2D eigenvalue weighted by Crippen LogP contribution is -2.30. The van der Waals surface area contributed by atoms with Gasteiger partial charge in [-0.25, -0.2) is 4.98 Å². The highest BCUT2D eigenvalue weighted by atomic mass is 32.2. The molecule has 1 unspecified atom stereocenters. The van der Waals surface area contributed by atoms with Crippen LogP contribution in [0, 0.1) is 6.92 Å². The SMILES string of the molecule is CCC(Sc1cccc(NC(=O)/C(=C\c2cccc(OC)c2OC)NC(=O)c2ccccc2)c1)C(=O)Nc1nc2ccc(C)cc2s1. The summed E-state index contributed by atoms with van der Waals surface area (Å²) in [6.45, 7) is 3.97. The molecule has 3 N–H and O–H groups in total. The van der Waals surface area contributed by atoms with Crippen LogP contribution in [-0.2, 0) is 9.59 Å². The number of aryl methyl sites for hydroxylation is 1. The molecular weight excluding hydrogens is 633 g/mol. The Hall–Kier alpha value is -5.13. The molecule has 3 amide bonds. The van der Waals surface area contributed by atoms with Gasteiger partial charge in [0, 0.05) is 21.7 Å². The van der Waals surface area contributed by atoms with E-state index in [2.05, 4.69) is 27.0 Å². The number of carbonyl (C=O) groups is 3. The Morgan fingerprint density at radius 2 is 1.70 bits per heavy atom. The summed E-state index contributed by atoms with van der Waals surface area (Å²) in [4.78, 5) is 45.4. The Bertz CT molecular complexity index is 1940. The van der Waals surface area contributed by atoms with E-state index in [1.165, 1.54) is 43.4 Å². The van der Waals surface area contributed by atoms with Crippen molar-refractivity contribution in [1.82, 2.24) is 10.3 Å². The van der Waals surface area contributed by atoms with Gasteiger partial charge in [0.2, 0.25) is 5.91 Å². The molecule has 0 saturated carbocycles. The molecule has 11 heteroatoms. The van der Waals surface area contributed by atoms with Crippen LogP contribution >= 0.6 is 23.1 Å². The largest absolute Gasteiger partial charge is 0.493 e. The van der Waals surface area contributed by atoms with Crippen molar-refractivity contribution in [3.8, 4) is 11.5 Å². The first kappa shape index (κ1) is 33.2.